The third-order valence-corrected chi connectivity index (χ3v) is 1.34. The summed E-state index contributed by atoms with van der Waals surface area (Å²) in [6, 6.07) is 0. The van der Waals surface area contributed by atoms with Crippen LogP contribution in [0.4, 0.5) is 0 Å². The fourth-order valence-corrected chi connectivity index (χ4v) is 0.962. The van der Waals surface area contributed by atoms with E-state index in [0.29, 0.717) is 5.57 Å². The molecule has 0 aromatic heterocycles. The van der Waals surface area contributed by atoms with E-state index < -0.39 is 11.9 Å². The molecule has 0 atom stereocenters. The van der Waals surface area contributed by atoms with Gasteiger partial charge in [0.05, 0.1) is 6.42 Å². The normalized spacial score (nSPS) is 19.8. The Labute approximate surface area is 93.4 Å². The van der Waals surface area contributed by atoms with Crippen molar-refractivity contribution in [1.29, 1.82) is 0 Å². The number of cyclic esters (lactones) is 2. The van der Waals surface area contributed by atoms with E-state index in [9.17, 15) is 9.59 Å². The van der Waals surface area contributed by atoms with Crippen LogP contribution in [0.15, 0.2) is 11.6 Å². The van der Waals surface area contributed by atoms with Gasteiger partial charge in [0.2, 0.25) is 0 Å². The summed E-state index contributed by atoms with van der Waals surface area (Å²) in [5.41, 5.74) is 0.491. The first-order valence-electron chi connectivity index (χ1n) is 3.55. The van der Waals surface area contributed by atoms with Crippen LogP contribution >= 0.6 is 0 Å². The van der Waals surface area contributed by atoms with Gasteiger partial charge in [0.15, 0.2) is 0 Å². The minimum atomic E-state index is -0.483. The van der Waals surface area contributed by atoms with Crippen LogP contribution < -0.4 is 0 Å². The Morgan fingerprint density at radius 1 is 1.42 bits per heavy atom. The van der Waals surface area contributed by atoms with Gasteiger partial charge in [-0.05, 0) is 5.92 Å². The van der Waals surface area contributed by atoms with Crippen LogP contribution in [0.25, 0.3) is 0 Å². The molecule has 0 spiro atoms. The third-order valence-electron chi connectivity index (χ3n) is 1.34. The van der Waals surface area contributed by atoms with Crippen molar-refractivity contribution in [3.05, 3.63) is 11.6 Å². The van der Waals surface area contributed by atoms with Gasteiger partial charge in [-0.1, -0.05) is 19.9 Å². The van der Waals surface area contributed by atoms with Gasteiger partial charge in [0.1, 0.15) is 0 Å². The molecule has 0 bridgehead atoms. The number of hydrogen-bond donors (Lipinski definition) is 0. The fraction of sp³-hybridized carbons (Fsp3) is 0.500. The van der Waals surface area contributed by atoms with Gasteiger partial charge in [-0.2, -0.15) is 0 Å². The summed E-state index contributed by atoms with van der Waals surface area (Å²) < 4.78 is 4.33. The monoisotopic (exact) mass is 178 g/mol. The molecule has 1 heterocycles. The Hall–Kier alpha value is -0.120. The molecule has 1 aliphatic heterocycles. The van der Waals surface area contributed by atoms with Gasteiger partial charge in [-0.3, -0.25) is 4.79 Å². The first-order chi connectivity index (χ1) is 5.09. The van der Waals surface area contributed by atoms with E-state index in [4.69, 9.17) is 0 Å². The van der Waals surface area contributed by atoms with Gasteiger partial charge in [-0.25, -0.2) is 4.79 Å². The van der Waals surface area contributed by atoms with Crippen LogP contribution in [-0.2, 0) is 14.3 Å². The Morgan fingerprint density at radius 3 is 2.33 bits per heavy atom. The van der Waals surface area contributed by atoms with Gasteiger partial charge >= 0.3 is 41.5 Å². The molecule has 1 fully saturated rings. The third kappa shape index (κ3) is 3.09. The quantitative estimate of drug-likeness (QED) is 0.252. The Balaban J connectivity index is 0.00000121. The maximum atomic E-state index is 10.8. The van der Waals surface area contributed by atoms with Crippen LogP contribution in [0, 0.1) is 5.92 Å². The Morgan fingerprint density at radius 2 is 2.00 bits per heavy atom. The molecule has 0 N–H and O–H groups in total. The fourth-order valence-electron chi connectivity index (χ4n) is 0.962. The van der Waals surface area contributed by atoms with Crippen LogP contribution in [0.3, 0.4) is 0 Å². The summed E-state index contributed by atoms with van der Waals surface area (Å²) >= 11 is 0. The van der Waals surface area contributed by atoms with Gasteiger partial charge in [0.25, 0.3) is 0 Å². The molecule has 1 saturated heterocycles. The number of ether oxygens (including phenoxy) is 1. The molecule has 3 nitrogen and oxygen atoms in total. The van der Waals surface area contributed by atoms with Crippen LogP contribution in [0.1, 0.15) is 20.3 Å². The Bertz CT molecular complexity index is 230. The van der Waals surface area contributed by atoms with Gasteiger partial charge < -0.3 is 4.74 Å². The molecule has 4 heteroatoms. The van der Waals surface area contributed by atoms with E-state index in [0.717, 1.165) is 0 Å². The number of rotatable bonds is 1. The molecule has 0 radical (unpaired) electrons. The average molecular weight is 178 g/mol. The predicted molar refractivity (Wildman–Crippen MR) is 45.8 cm³/mol. The number of allylic oxidation sites excluding steroid dienone is 1. The molecular formula is C8H11NaO3. The summed E-state index contributed by atoms with van der Waals surface area (Å²) in [7, 11) is 0. The van der Waals surface area contributed by atoms with Crippen molar-refractivity contribution in [2.24, 2.45) is 5.92 Å². The second kappa shape index (κ2) is 4.80. The van der Waals surface area contributed by atoms with Crippen molar-refractivity contribution in [3.8, 4) is 0 Å². The van der Waals surface area contributed by atoms with Crippen LogP contribution in [-0.4, -0.2) is 41.5 Å². The summed E-state index contributed by atoms with van der Waals surface area (Å²) in [5, 5.41) is 0. The Kier molecular flexibility index (Phi) is 4.75. The zero-order valence-electron chi connectivity index (χ0n) is 6.59. The van der Waals surface area contributed by atoms with Crippen LogP contribution in [0.2, 0.25) is 0 Å². The topological polar surface area (TPSA) is 43.4 Å². The molecule has 0 aromatic rings. The molecule has 0 amide bonds. The zero-order chi connectivity index (χ0) is 8.43. The molecule has 0 saturated carbocycles. The molecule has 0 aliphatic carbocycles. The zero-order valence-corrected chi connectivity index (χ0v) is 6.59. The van der Waals surface area contributed by atoms with E-state index in [1.54, 1.807) is 6.08 Å². The minimum absolute atomic E-state index is 0. The summed E-state index contributed by atoms with van der Waals surface area (Å²) in [6.07, 6.45) is 1.89. The van der Waals surface area contributed by atoms with E-state index in [-0.39, 0.29) is 41.9 Å². The van der Waals surface area contributed by atoms with Gasteiger partial charge in [-0.15, -0.1) is 0 Å². The van der Waals surface area contributed by atoms with E-state index >= 15 is 0 Å². The van der Waals surface area contributed by atoms with Crippen LogP contribution in [0.5, 0.6) is 0 Å². The molecule has 1 aliphatic rings. The molecule has 1 rings (SSSR count). The van der Waals surface area contributed by atoms with E-state index in [1.165, 1.54) is 0 Å². The van der Waals surface area contributed by atoms with Crippen molar-refractivity contribution in [2.45, 2.75) is 20.3 Å². The molecular weight excluding hydrogens is 167 g/mol. The number of carbonyl (C=O) groups is 2. The first-order valence-corrected chi connectivity index (χ1v) is 3.55. The second-order valence-corrected chi connectivity index (χ2v) is 2.87. The summed E-state index contributed by atoms with van der Waals surface area (Å²) in [6.45, 7) is 3.89. The van der Waals surface area contributed by atoms with Crippen molar-refractivity contribution in [2.75, 3.05) is 0 Å². The van der Waals surface area contributed by atoms with E-state index in [2.05, 4.69) is 4.74 Å². The number of esters is 2. The van der Waals surface area contributed by atoms with Crippen molar-refractivity contribution in [1.82, 2.24) is 0 Å². The summed E-state index contributed by atoms with van der Waals surface area (Å²) in [5.74, 6) is -0.644. The predicted octanol–water partition coefficient (Wildman–Crippen LogP) is 0.394. The molecule has 62 valence electrons. The first kappa shape index (κ1) is 11.9. The van der Waals surface area contributed by atoms with Crippen molar-refractivity contribution < 1.29 is 14.3 Å². The average Bonchev–Trinajstić information content (AvgIpc) is 2.09. The number of hydrogen-bond acceptors (Lipinski definition) is 3. The standard InChI is InChI=1S/C8H10O3.Na.H/c1-5(2)3-6-4-7(9)11-8(6)10;;/h3,5H,4H2,1-2H3;;. The van der Waals surface area contributed by atoms with Crippen molar-refractivity contribution >= 4 is 41.5 Å². The molecule has 0 aromatic carbocycles. The molecule has 0 unspecified atom stereocenters. The maximum absolute atomic E-state index is 10.8. The van der Waals surface area contributed by atoms with Crippen molar-refractivity contribution in [3.63, 3.8) is 0 Å². The molecule has 12 heavy (non-hydrogen) atoms. The summed E-state index contributed by atoms with van der Waals surface area (Å²) in [4.78, 5) is 21.4. The second-order valence-electron chi connectivity index (χ2n) is 2.87. The van der Waals surface area contributed by atoms with Gasteiger partial charge in [0, 0.05) is 5.57 Å². The van der Waals surface area contributed by atoms with E-state index in [1.807, 2.05) is 13.8 Å². The SMILES string of the molecule is CC(C)C=C1CC(=O)OC1=O.[NaH]. The number of carbonyl (C=O) groups excluding carboxylic acids is 2.